The number of likely N-dealkylation sites (tertiary alicyclic amines) is 1. The van der Waals surface area contributed by atoms with Crippen LogP contribution in [0.5, 0.6) is 0 Å². The number of carbonyl (C=O) groups is 1. The number of thiophene rings is 1. The second kappa shape index (κ2) is 4.33. The topological polar surface area (TPSA) is 40.5 Å². The van der Waals surface area contributed by atoms with Crippen molar-refractivity contribution in [2.24, 2.45) is 0 Å². The molecule has 2 rings (SSSR count). The Labute approximate surface area is 93.3 Å². The van der Waals surface area contributed by atoms with E-state index in [1.54, 1.807) is 11.3 Å². The highest BCUT2D eigenvalue weighted by Crippen LogP contribution is 2.30. The molecule has 0 amide bonds. The van der Waals surface area contributed by atoms with E-state index in [9.17, 15) is 9.90 Å². The van der Waals surface area contributed by atoms with Gasteiger partial charge in [-0.25, -0.2) is 0 Å². The monoisotopic (exact) mass is 225 g/mol. The van der Waals surface area contributed by atoms with Crippen molar-refractivity contribution in [3.05, 3.63) is 21.9 Å². The minimum atomic E-state index is -0.723. The maximum Gasteiger partial charge on any atom is 0.326 e. The maximum atomic E-state index is 11.3. The molecule has 1 aromatic rings. The molecule has 0 aromatic carbocycles. The maximum absolute atomic E-state index is 11.3. The molecule has 82 valence electrons. The van der Waals surface area contributed by atoms with Crippen molar-refractivity contribution < 1.29 is 9.90 Å². The Morgan fingerprint density at radius 3 is 2.60 bits per heavy atom. The van der Waals surface area contributed by atoms with E-state index in [-0.39, 0.29) is 0 Å². The number of aryl methyl sites for hydroxylation is 1. The molecule has 2 heterocycles. The van der Waals surface area contributed by atoms with Gasteiger partial charge in [0.2, 0.25) is 0 Å². The molecule has 4 heteroatoms. The van der Waals surface area contributed by atoms with Gasteiger partial charge in [0.05, 0.1) is 0 Å². The number of hydrogen-bond acceptors (Lipinski definition) is 3. The Hall–Kier alpha value is -0.870. The van der Waals surface area contributed by atoms with Crippen LogP contribution in [0.15, 0.2) is 12.1 Å². The van der Waals surface area contributed by atoms with E-state index >= 15 is 0 Å². The molecule has 1 aromatic heterocycles. The fourth-order valence-electron chi connectivity index (χ4n) is 2.06. The van der Waals surface area contributed by atoms with E-state index in [4.69, 9.17) is 0 Å². The third-order valence-corrected chi connectivity index (χ3v) is 3.82. The standard InChI is InChI=1S/C11H15NO2S/c1-8-4-5-9(15-8)10(11(13)14)12-6-2-3-7-12/h4-5,10H,2-3,6-7H2,1H3,(H,13,14). The molecule has 1 unspecified atom stereocenters. The molecule has 1 aliphatic heterocycles. The van der Waals surface area contributed by atoms with Crippen molar-refractivity contribution in [3.63, 3.8) is 0 Å². The molecule has 0 aliphatic carbocycles. The van der Waals surface area contributed by atoms with E-state index in [2.05, 4.69) is 4.90 Å². The Morgan fingerprint density at radius 2 is 2.13 bits per heavy atom. The fourth-order valence-corrected chi connectivity index (χ4v) is 3.06. The van der Waals surface area contributed by atoms with Gasteiger partial charge >= 0.3 is 5.97 Å². The first-order chi connectivity index (χ1) is 7.18. The third kappa shape index (κ3) is 2.21. The van der Waals surface area contributed by atoms with Crippen molar-refractivity contribution in [1.82, 2.24) is 4.90 Å². The van der Waals surface area contributed by atoms with E-state index < -0.39 is 12.0 Å². The Morgan fingerprint density at radius 1 is 1.47 bits per heavy atom. The smallest absolute Gasteiger partial charge is 0.326 e. The number of rotatable bonds is 3. The zero-order valence-electron chi connectivity index (χ0n) is 8.77. The summed E-state index contributed by atoms with van der Waals surface area (Å²) >= 11 is 1.59. The molecular formula is C11H15NO2S. The van der Waals surface area contributed by atoms with E-state index in [1.165, 1.54) is 4.88 Å². The molecule has 1 aliphatic rings. The van der Waals surface area contributed by atoms with Gasteiger partial charge in [0.25, 0.3) is 0 Å². The van der Waals surface area contributed by atoms with Crippen molar-refractivity contribution in [2.75, 3.05) is 13.1 Å². The zero-order chi connectivity index (χ0) is 10.8. The van der Waals surface area contributed by atoms with E-state index in [0.717, 1.165) is 30.8 Å². The molecule has 15 heavy (non-hydrogen) atoms. The van der Waals surface area contributed by atoms with Crippen LogP contribution in [0.2, 0.25) is 0 Å². The Kier molecular flexibility index (Phi) is 3.07. The fraction of sp³-hybridized carbons (Fsp3) is 0.545. The second-order valence-corrected chi connectivity index (χ2v) is 5.25. The quantitative estimate of drug-likeness (QED) is 0.858. The highest BCUT2D eigenvalue weighted by molar-refractivity contribution is 7.12. The summed E-state index contributed by atoms with van der Waals surface area (Å²) < 4.78 is 0. The van der Waals surface area contributed by atoms with Gasteiger partial charge in [0, 0.05) is 9.75 Å². The Balaban J connectivity index is 2.22. The molecule has 0 saturated carbocycles. The summed E-state index contributed by atoms with van der Waals surface area (Å²) in [6.07, 6.45) is 2.24. The van der Waals surface area contributed by atoms with Crippen LogP contribution in [0.4, 0.5) is 0 Å². The minimum Gasteiger partial charge on any atom is -0.480 e. The lowest BCUT2D eigenvalue weighted by Gasteiger charge is -2.22. The number of hydrogen-bond donors (Lipinski definition) is 1. The van der Waals surface area contributed by atoms with Crippen LogP contribution in [0.25, 0.3) is 0 Å². The molecular weight excluding hydrogens is 210 g/mol. The van der Waals surface area contributed by atoms with E-state index in [1.807, 2.05) is 19.1 Å². The first-order valence-electron chi connectivity index (χ1n) is 5.21. The number of nitrogens with zero attached hydrogens (tertiary/aromatic N) is 1. The van der Waals surface area contributed by atoms with Crippen molar-refractivity contribution in [2.45, 2.75) is 25.8 Å². The summed E-state index contributed by atoms with van der Waals surface area (Å²) in [6, 6.07) is 3.51. The van der Waals surface area contributed by atoms with Gasteiger partial charge in [0.15, 0.2) is 0 Å². The summed E-state index contributed by atoms with van der Waals surface area (Å²) in [6.45, 7) is 3.83. The normalized spacial score (nSPS) is 19.3. The van der Waals surface area contributed by atoms with Gasteiger partial charge in [-0.2, -0.15) is 0 Å². The lowest BCUT2D eigenvalue weighted by Crippen LogP contribution is -2.31. The average Bonchev–Trinajstić information content (AvgIpc) is 2.77. The summed E-state index contributed by atoms with van der Waals surface area (Å²) in [5.41, 5.74) is 0. The SMILES string of the molecule is Cc1ccc(C(C(=O)O)N2CCCC2)s1. The largest absolute Gasteiger partial charge is 0.480 e. The zero-order valence-corrected chi connectivity index (χ0v) is 9.59. The molecule has 0 bridgehead atoms. The van der Waals surface area contributed by atoms with Crippen molar-refractivity contribution >= 4 is 17.3 Å². The van der Waals surface area contributed by atoms with Crippen LogP contribution in [0.1, 0.15) is 28.6 Å². The Bertz CT molecular complexity index is 355. The average molecular weight is 225 g/mol. The van der Waals surface area contributed by atoms with Gasteiger partial charge in [0.1, 0.15) is 6.04 Å². The van der Waals surface area contributed by atoms with Gasteiger partial charge < -0.3 is 5.11 Å². The molecule has 1 fully saturated rings. The van der Waals surface area contributed by atoms with Crippen LogP contribution < -0.4 is 0 Å². The number of aliphatic carboxylic acids is 1. The van der Waals surface area contributed by atoms with Gasteiger partial charge in [-0.05, 0) is 45.0 Å². The third-order valence-electron chi connectivity index (χ3n) is 2.77. The molecule has 0 radical (unpaired) electrons. The number of carboxylic acid groups (broad SMARTS) is 1. The highest BCUT2D eigenvalue weighted by Gasteiger charge is 2.30. The highest BCUT2D eigenvalue weighted by atomic mass is 32.1. The molecule has 1 atom stereocenters. The predicted octanol–water partition coefficient (Wildman–Crippen LogP) is 2.28. The first kappa shape index (κ1) is 10.6. The van der Waals surface area contributed by atoms with Crippen LogP contribution in [0, 0.1) is 6.92 Å². The van der Waals surface area contributed by atoms with Gasteiger partial charge in [-0.15, -0.1) is 11.3 Å². The summed E-state index contributed by atoms with van der Waals surface area (Å²) in [4.78, 5) is 15.5. The van der Waals surface area contributed by atoms with Gasteiger partial charge in [-0.1, -0.05) is 0 Å². The van der Waals surface area contributed by atoms with E-state index in [0.29, 0.717) is 0 Å². The second-order valence-electron chi connectivity index (χ2n) is 3.93. The van der Waals surface area contributed by atoms with Crippen molar-refractivity contribution in [3.8, 4) is 0 Å². The predicted molar refractivity (Wildman–Crippen MR) is 60.2 cm³/mol. The lowest BCUT2D eigenvalue weighted by atomic mass is 10.2. The lowest BCUT2D eigenvalue weighted by molar-refractivity contribution is -0.143. The van der Waals surface area contributed by atoms with Gasteiger partial charge in [-0.3, -0.25) is 9.69 Å². The van der Waals surface area contributed by atoms with Crippen LogP contribution >= 0.6 is 11.3 Å². The molecule has 0 spiro atoms. The molecule has 1 saturated heterocycles. The summed E-state index contributed by atoms with van der Waals surface area (Å²) in [5.74, 6) is -0.723. The molecule has 1 N–H and O–H groups in total. The van der Waals surface area contributed by atoms with Crippen LogP contribution in [-0.4, -0.2) is 29.1 Å². The van der Waals surface area contributed by atoms with Crippen LogP contribution in [0.3, 0.4) is 0 Å². The minimum absolute atomic E-state index is 0.425. The first-order valence-corrected chi connectivity index (χ1v) is 6.03. The number of carboxylic acids is 1. The van der Waals surface area contributed by atoms with Crippen molar-refractivity contribution in [1.29, 1.82) is 0 Å². The summed E-state index contributed by atoms with van der Waals surface area (Å²) in [7, 11) is 0. The summed E-state index contributed by atoms with van der Waals surface area (Å²) in [5, 5.41) is 9.26. The molecule has 3 nitrogen and oxygen atoms in total. The van der Waals surface area contributed by atoms with Crippen LogP contribution in [-0.2, 0) is 4.79 Å².